The van der Waals surface area contributed by atoms with E-state index in [1.807, 2.05) is 0 Å². The minimum atomic E-state index is -0.638. The summed E-state index contributed by atoms with van der Waals surface area (Å²) >= 11 is 0. The number of carbonyl (C=O) groups is 1. The number of nitrogens with one attached hydrogen (secondary N) is 1. The molecule has 0 aliphatic heterocycles. The molecule has 0 spiro atoms. The number of fused-ring (bicyclic) bond motifs is 1. The summed E-state index contributed by atoms with van der Waals surface area (Å²) < 4.78 is 1.37. The molecule has 1 heterocycles. The molecule has 1 aromatic carbocycles. The Labute approximate surface area is 135 Å². The Morgan fingerprint density at radius 1 is 1.30 bits per heavy atom. The molecule has 0 saturated carbocycles. The monoisotopic (exact) mass is 317 g/mol. The van der Waals surface area contributed by atoms with E-state index in [1.165, 1.54) is 4.68 Å². The van der Waals surface area contributed by atoms with E-state index in [2.05, 4.69) is 17.3 Å². The van der Waals surface area contributed by atoms with Crippen LogP contribution < -0.4 is 10.9 Å². The lowest BCUT2D eigenvalue weighted by molar-refractivity contribution is 0.0918. The summed E-state index contributed by atoms with van der Waals surface area (Å²) in [5.41, 5.74) is 0.0427. The molecule has 0 fully saturated rings. The number of nitrogens with zero attached hydrogens (tertiary/aromatic N) is 2. The maximum absolute atomic E-state index is 12.5. The van der Waals surface area contributed by atoms with Gasteiger partial charge in [-0.25, -0.2) is 4.68 Å². The predicted molar refractivity (Wildman–Crippen MR) is 89.5 cm³/mol. The third-order valence-corrected chi connectivity index (χ3v) is 3.61. The van der Waals surface area contributed by atoms with Gasteiger partial charge in [0, 0.05) is 18.5 Å². The molecule has 0 aliphatic rings. The SMILES string of the molecule is CCCCCn1nc(C(=O)NCC(C)O)c2ccccc2c1=O. The topological polar surface area (TPSA) is 84.2 Å². The average molecular weight is 317 g/mol. The fourth-order valence-electron chi connectivity index (χ4n) is 2.39. The summed E-state index contributed by atoms with van der Waals surface area (Å²) in [4.78, 5) is 24.8. The van der Waals surface area contributed by atoms with Crippen LogP contribution in [0.15, 0.2) is 29.1 Å². The lowest BCUT2D eigenvalue weighted by Crippen LogP contribution is -2.34. The third kappa shape index (κ3) is 4.16. The number of aryl methyl sites for hydroxylation is 1. The second kappa shape index (κ2) is 7.87. The Balaban J connectivity index is 2.43. The van der Waals surface area contributed by atoms with Gasteiger partial charge in [0.1, 0.15) is 0 Å². The van der Waals surface area contributed by atoms with E-state index in [0.29, 0.717) is 17.3 Å². The van der Waals surface area contributed by atoms with Crippen molar-refractivity contribution in [1.82, 2.24) is 15.1 Å². The molecule has 0 aliphatic carbocycles. The first-order valence-corrected chi connectivity index (χ1v) is 8.00. The van der Waals surface area contributed by atoms with Gasteiger partial charge >= 0.3 is 0 Å². The minimum absolute atomic E-state index is 0.143. The van der Waals surface area contributed by atoms with E-state index in [9.17, 15) is 14.7 Å². The molecule has 0 saturated heterocycles. The maximum Gasteiger partial charge on any atom is 0.274 e. The lowest BCUT2D eigenvalue weighted by atomic mass is 10.1. The van der Waals surface area contributed by atoms with Crippen molar-refractivity contribution in [3.63, 3.8) is 0 Å². The smallest absolute Gasteiger partial charge is 0.274 e. The number of hydrogen-bond acceptors (Lipinski definition) is 4. The van der Waals surface area contributed by atoms with Gasteiger partial charge in [-0.1, -0.05) is 38.0 Å². The molecule has 1 unspecified atom stereocenters. The van der Waals surface area contributed by atoms with Crippen LogP contribution in [0.4, 0.5) is 0 Å². The molecule has 0 bridgehead atoms. The number of carbonyl (C=O) groups excluding carboxylic acids is 1. The largest absolute Gasteiger partial charge is 0.392 e. The molecule has 6 heteroatoms. The number of amides is 1. The van der Waals surface area contributed by atoms with Crippen LogP contribution in [0.2, 0.25) is 0 Å². The van der Waals surface area contributed by atoms with Crippen LogP contribution in [-0.2, 0) is 6.54 Å². The molecule has 2 rings (SSSR count). The number of rotatable bonds is 7. The van der Waals surface area contributed by atoms with Crippen LogP contribution in [0.5, 0.6) is 0 Å². The van der Waals surface area contributed by atoms with Crippen LogP contribution >= 0.6 is 0 Å². The van der Waals surface area contributed by atoms with E-state index in [0.717, 1.165) is 19.3 Å². The van der Waals surface area contributed by atoms with Crippen LogP contribution in [0.25, 0.3) is 10.8 Å². The fourth-order valence-corrected chi connectivity index (χ4v) is 2.39. The van der Waals surface area contributed by atoms with Gasteiger partial charge in [-0.3, -0.25) is 9.59 Å². The minimum Gasteiger partial charge on any atom is -0.392 e. The molecule has 124 valence electrons. The van der Waals surface area contributed by atoms with Gasteiger partial charge in [-0.15, -0.1) is 0 Å². The van der Waals surface area contributed by atoms with Gasteiger partial charge in [-0.2, -0.15) is 5.10 Å². The quantitative estimate of drug-likeness (QED) is 0.761. The van der Waals surface area contributed by atoms with Gasteiger partial charge in [0.05, 0.1) is 11.5 Å². The first kappa shape index (κ1) is 17.1. The number of aliphatic hydroxyl groups is 1. The van der Waals surface area contributed by atoms with Crippen molar-refractivity contribution in [2.75, 3.05) is 6.54 Å². The van der Waals surface area contributed by atoms with Crippen molar-refractivity contribution in [1.29, 1.82) is 0 Å². The molecule has 1 atom stereocenters. The average Bonchev–Trinajstić information content (AvgIpc) is 2.55. The highest BCUT2D eigenvalue weighted by atomic mass is 16.3. The standard InChI is InChI=1S/C17H23N3O3/c1-3-4-7-10-20-17(23)14-9-6-5-8-13(14)15(19-20)16(22)18-11-12(2)21/h5-6,8-9,12,21H,3-4,7,10-11H2,1-2H3,(H,18,22). The highest BCUT2D eigenvalue weighted by Crippen LogP contribution is 2.13. The van der Waals surface area contributed by atoms with Crippen LogP contribution in [0.3, 0.4) is 0 Å². The Morgan fingerprint density at radius 3 is 2.65 bits per heavy atom. The van der Waals surface area contributed by atoms with Crippen molar-refractivity contribution in [3.8, 4) is 0 Å². The van der Waals surface area contributed by atoms with Gasteiger partial charge in [0.25, 0.3) is 11.5 Å². The van der Waals surface area contributed by atoms with Crippen LogP contribution in [0.1, 0.15) is 43.6 Å². The molecule has 1 amide bonds. The van der Waals surface area contributed by atoms with Crippen molar-refractivity contribution in [3.05, 3.63) is 40.3 Å². The normalized spacial score (nSPS) is 12.3. The first-order valence-electron chi connectivity index (χ1n) is 8.00. The van der Waals surface area contributed by atoms with Crippen LogP contribution in [0, 0.1) is 0 Å². The zero-order valence-electron chi connectivity index (χ0n) is 13.6. The van der Waals surface area contributed by atoms with E-state index < -0.39 is 6.10 Å². The molecule has 6 nitrogen and oxygen atoms in total. The van der Waals surface area contributed by atoms with Crippen molar-refractivity contribution >= 4 is 16.7 Å². The third-order valence-electron chi connectivity index (χ3n) is 3.61. The number of aromatic nitrogens is 2. The number of hydrogen-bond donors (Lipinski definition) is 2. The van der Waals surface area contributed by atoms with Crippen molar-refractivity contribution in [2.24, 2.45) is 0 Å². The number of benzene rings is 1. The number of unbranched alkanes of at least 4 members (excludes halogenated alkanes) is 2. The Bertz CT molecular complexity index is 737. The molecule has 0 radical (unpaired) electrons. The van der Waals surface area contributed by atoms with E-state index in [4.69, 9.17) is 0 Å². The van der Waals surface area contributed by atoms with E-state index in [-0.39, 0.29) is 23.7 Å². The summed E-state index contributed by atoms with van der Waals surface area (Å²) in [5, 5.41) is 17.2. The molecule has 23 heavy (non-hydrogen) atoms. The fraction of sp³-hybridized carbons (Fsp3) is 0.471. The van der Waals surface area contributed by atoms with Gasteiger partial charge in [0.2, 0.25) is 0 Å². The Hall–Kier alpha value is -2.21. The van der Waals surface area contributed by atoms with Gasteiger partial charge in [0.15, 0.2) is 5.69 Å². The van der Waals surface area contributed by atoms with E-state index >= 15 is 0 Å². The molecular formula is C17H23N3O3. The highest BCUT2D eigenvalue weighted by molar-refractivity contribution is 6.04. The summed E-state index contributed by atoms with van der Waals surface area (Å²) in [7, 11) is 0. The second-order valence-corrected chi connectivity index (χ2v) is 5.69. The summed E-state index contributed by atoms with van der Waals surface area (Å²) in [6.07, 6.45) is 2.26. The van der Waals surface area contributed by atoms with Gasteiger partial charge in [-0.05, 0) is 19.4 Å². The summed E-state index contributed by atoms with van der Waals surface area (Å²) in [5.74, 6) is -0.383. The Morgan fingerprint density at radius 2 is 2.00 bits per heavy atom. The molecule has 1 aromatic heterocycles. The zero-order chi connectivity index (χ0) is 16.8. The number of aliphatic hydroxyl groups excluding tert-OH is 1. The lowest BCUT2D eigenvalue weighted by Gasteiger charge is -2.12. The maximum atomic E-state index is 12.5. The van der Waals surface area contributed by atoms with Crippen molar-refractivity contribution < 1.29 is 9.90 Å². The van der Waals surface area contributed by atoms with E-state index in [1.54, 1.807) is 31.2 Å². The second-order valence-electron chi connectivity index (χ2n) is 5.69. The Kier molecular flexibility index (Phi) is 5.87. The highest BCUT2D eigenvalue weighted by Gasteiger charge is 2.16. The van der Waals surface area contributed by atoms with Crippen molar-refractivity contribution in [2.45, 2.75) is 45.8 Å². The molecule has 2 aromatic rings. The zero-order valence-corrected chi connectivity index (χ0v) is 13.6. The van der Waals surface area contributed by atoms with Gasteiger partial charge < -0.3 is 10.4 Å². The molecular weight excluding hydrogens is 294 g/mol. The summed E-state index contributed by atoms with van der Waals surface area (Å²) in [6, 6.07) is 6.98. The van der Waals surface area contributed by atoms with Crippen LogP contribution in [-0.4, -0.2) is 33.4 Å². The first-order chi connectivity index (χ1) is 11.0. The predicted octanol–water partition coefficient (Wildman–Crippen LogP) is 1.70. The molecule has 2 N–H and O–H groups in total. The summed E-state index contributed by atoms with van der Waals surface area (Å²) in [6.45, 7) is 4.32.